The molecule has 0 N–H and O–H groups in total. The van der Waals surface area contributed by atoms with Gasteiger partial charge in [0, 0.05) is 19.7 Å². The number of amides is 1. The van der Waals surface area contributed by atoms with Gasteiger partial charge in [-0.05, 0) is 26.2 Å². The van der Waals surface area contributed by atoms with E-state index in [2.05, 4.69) is 15.9 Å². The highest BCUT2D eigenvalue weighted by Crippen LogP contribution is 2.17. The molecule has 0 radical (unpaired) electrons. The molecule has 2 atom stereocenters. The van der Waals surface area contributed by atoms with Gasteiger partial charge in [0.15, 0.2) is 0 Å². The number of nitrogens with zero attached hydrogens (tertiary/aromatic N) is 1. The largest absolute Gasteiger partial charge is 0.377 e. The van der Waals surface area contributed by atoms with Crippen LogP contribution in [0.5, 0.6) is 0 Å². The van der Waals surface area contributed by atoms with E-state index in [-0.39, 0.29) is 16.8 Å². The standard InChI is InChI=1S/C11H20BrNO2/c1-3-10(12)11(14)13-7-5-6-9(8-13)15-4-2/h9-10H,3-8H2,1-2H3. The highest BCUT2D eigenvalue weighted by molar-refractivity contribution is 9.10. The van der Waals surface area contributed by atoms with Gasteiger partial charge >= 0.3 is 0 Å². The molecule has 0 bridgehead atoms. The number of rotatable bonds is 4. The van der Waals surface area contributed by atoms with Gasteiger partial charge < -0.3 is 9.64 Å². The van der Waals surface area contributed by atoms with Gasteiger partial charge in [0.25, 0.3) is 0 Å². The van der Waals surface area contributed by atoms with E-state index in [1.807, 2.05) is 18.7 Å². The van der Waals surface area contributed by atoms with Gasteiger partial charge in [0.2, 0.25) is 5.91 Å². The summed E-state index contributed by atoms with van der Waals surface area (Å²) in [7, 11) is 0. The number of ether oxygens (including phenoxy) is 1. The Kier molecular flexibility index (Phi) is 5.61. The third kappa shape index (κ3) is 3.76. The molecule has 0 saturated carbocycles. The lowest BCUT2D eigenvalue weighted by Gasteiger charge is -2.33. The third-order valence-corrected chi connectivity index (χ3v) is 3.76. The van der Waals surface area contributed by atoms with Crippen molar-refractivity contribution >= 4 is 21.8 Å². The molecule has 0 spiro atoms. The zero-order valence-electron chi connectivity index (χ0n) is 9.54. The molecule has 1 aliphatic rings. The number of alkyl halides is 1. The Balaban J connectivity index is 2.44. The second-order valence-electron chi connectivity index (χ2n) is 3.88. The molecule has 0 aromatic carbocycles. The average Bonchev–Trinajstić information content (AvgIpc) is 2.28. The van der Waals surface area contributed by atoms with Crippen molar-refractivity contribution in [2.24, 2.45) is 0 Å². The lowest BCUT2D eigenvalue weighted by atomic mass is 10.1. The van der Waals surface area contributed by atoms with Crippen LogP contribution >= 0.6 is 15.9 Å². The van der Waals surface area contributed by atoms with Crippen molar-refractivity contribution in [2.75, 3.05) is 19.7 Å². The van der Waals surface area contributed by atoms with E-state index in [0.29, 0.717) is 0 Å². The van der Waals surface area contributed by atoms with Crippen LogP contribution in [0.25, 0.3) is 0 Å². The molecular formula is C11H20BrNO2. The minimum atomic E-state index is -0.0297. The van der Waals surface area contributed by atoms with Crippen LogP contribution in [0.4, 0.5) is 0 Å². The number of carbonyl (C=O) groups excluding carboxylic acids is 1. The van der Waals surface area contributed by atoms with Crippen molar-refractivity contribution in [1.82, 2.24) is 4.90 Å². The first kappa shape index (κ1) is 13.0. The van der Waals surface area contributed by atoms with Crippen molar-refractivity contribution in [1.29, 1.82) is 0 Å². The van der Waals surface area contributed by atoms with Gasteiger partial charge in [-0.15, -0.1) is 0 Å². The van der Waals surface area contributed by atoms with E-state index < -0.39 is 0 Å². The molecule has 0 aromatic heterocycles. The van der Waals surface area contributed by atoms with E-state index in [0.717, 1.165) is 39.0 Å². The second kappa shape index (κ2) is 6.48. The second-order valence-corrected chi connectivity index (χ2v) is 4.98. The van der Waals surface area contributed by atoms with E-state index >= 15 is 0 Å². The molecule has 1 rings (SSSR count). The zero-order chi connectivity index (χ0) is 11.3. The predicted molar refractivity (Wildman–Crippen MR) is 64.2 cm³/mol. The van der Waals surface area contributed by atoms with Crippen LogP contribution < -0.4 is 0 Å². The predicted octanol–water partition coefficient (Wildman–Crippen LogP) is 2.19. The van der Waals surface area contributed by atoms with Crippen LogP contribution in [-0.2, 0) is 9.53 Å². The molecule has 15 heavy (non-hydrogen) atoms. The number of likely N-dealkylation sites (tertiary alicyclic amines) is 1. The third-order valence-electron chi connectivity index (χ3n) is 2.72. The molecule has 1 amide bonds. The van der Waals surface area contributed by atoms with Crippen LogP contribution in [-0.4, -0.2) is 41.4 Å². The van der Waals surface area contributed by atoms with Crippen molar-refractivity contribution in [3.05, 3.63) is 0 Å². The zero-order valence-corrected chi connectivity index (χ0v) is 11.1. The monoisotopic (exact) mass is 277 g/mol. The quantitative estimate of drug-likeness (QED) is 0.738. The van der Waals surface area contributed by atoms with Crippen LogP contribution in [0.2, 0.25) is 0 Å². The highest BCUT2D eigenvalue weighted by Gasteiger charge is 2.26. The van der Waals surface area contributed by atoms with Crippen molar-refractivity contribution in [3.63, 3.8) is 0 Å². The summed E-state index contributed by atoms with van der Waals surface area (Å²) in [5.41, 5.74) is 0. The topological polar surface area (TPSA) is 29.5 Å². The maximum Gasteiger partial charge on any atom is 0.236 e. The number of piperidine rings is 1. The molecule has 88 valence electrons. The van der Waals surface area contributed by atoms with Gasteiger partial charge in [0.05, 0.1) is 10.9 Å². The summed E-state index contributed by atoms with van der Waals surface area (Å²) in [5.74, 6) is 0.210. The van der Waals surface area contributed by atoms with Crippen molar-refractivity contribution in [3.8, 4) is 0 Å². The lowest BCUT2D eigenvalue weighted by molar-refractivity contribution is -0.134. The van der Waals surface area contributed by atoms with E-state index in [4.69, 9.17) is 4.74 Å². The summed E-state index contributed by atoms with van der Waals surface area (Å²) in [4.78, 5) is 13.8. The van der Waals surface area contributed by atoms with Gasteiger partial charge in [-0.1, -0.05) is 22.9 Å². The first-order chi connectivity index (χ1) is 7.19. The molecule has 1 saturated heterocycles. The average molecular weight is 278 g/mol. The molecule has 1 heterocycles. The Hall–Kier alpha value is -0.0900. The summed E-state index contributed by atoms with van der Waals surface area (Å²) in [6.45, 7) is 6.39. The fourth-order valence-electron chi connectivity index (χ4n) is 1.88. The normalized spacial score (nSPS) is 23.9. The molecule has 2 unspecified atom stereocenters. The van der Waals surface area contributed by atoms with E-state index in [9.17, 15) is 4.79 Å². The minimum Gasteiger partial charge on any atom is -0.377 e. The Morgan fingerprint density at radius 1 is 1.60 bits per heavy atom. The maximum absolute atomic E-state index is 11.9. The van der Waals surface area contributed by atoms with Gasteiger partial charge in [-0.25, -0.2) is 0 Å². The van der Waals surface area contributed by atoms with Gasteiger partial charge in [0.1, 0.15) is 0 Å². The Morgan fingerprint density at radius 2 is 2.33 bits per heavy atom. The van der Waals surface area contributed by atoms with Crippen molar-refractivity contribution < 1.29 is 9.53 Å². The Morgan fingerprint density at radius 3 is 2.93 bits per heavy atom. The summed E-state index contributed by atoms with van der Waals surface area (Å²) in [5, 5.41) is 0. The molecule has 0 aliphatic carbocycles. The van der Waals surface area contributed by atoms with Crippen LogP contribution in [0.1, 0.15) is 33.1 Å². The Labute approximate surface area is 100 Å². The molecule has 1 aliphatic heterocycles. The van der Waals surface area contributed by atoms with Gasteiger partial charge in [-0.3, -0.25) is 4.79 Å². The molecule has 3 nitrogen and oxygen atoms in total. The fraction of sp³-hybridized carbons (Fsp3) is 0.909. The number of hydrogen-bond acceptors (Lipinski definition) is 2. The fourth-order valence-corrected chi connectivity index (χ4v) is 2.17. The smallest absolute Gasteiger partial charge is 0.236 e. The molecular weight excluding hydrogens is 258 g/mol. The number of hydrogen-bond donors (Lipinski definition) is 0. The van der Waals surface area contributed by atoms with Crippen LogP contribution in [0.3, 0.4) is 0 Å². The highest BCUT2D eigenvalue weighted by atomic mass is 79.9. The van der Waals surface area contributed by atoms with E-state index in [1.165, 1.54) is 0 Å². The van der Waals surface area contributed by atoms with E-state index in [1.54, 1.807) is 0 Å². The summed E-state index contributed by atoms with van der Waals surface area (Å²) in [6.07, 6.45) is 3.22. The van der Waals surface area contributed by atoms with Gasteiger partial charge in [-0.2, -0.15) is 0 Å². The SMILES string of the molecule is CCOC1CCCN(C(=O)C(Br)CC)C1. The molecule has 4 heteroatoms. The van der Waals surface area contributed by atoms with Crippen molar-refractivity contribution in [2.45, 2.75) is 44.0 Å². The molecule has 0 aromatic rings. The number of halogens is 1. The summed E-state index contributed by atoms with van der Waals surface area (Å²) in [6, 6.07) is 0. The van der Waals surface area contributed by atoms with Crippen LogP contribution in [0, 0.1) is 0 Å². The Bertz CT molecular complexity index is 209. The first-order valence-electron chi connectivity index (χ1n) is 5.73. The minimum absolute atomic E-state index is 0.0297. The molecule has 1 fully saturated rings. The number of carbonyl (C=O) groups is 1. The summed E-state index contributed by atoms with van der Waals surface area (Å²) >= 11 is 3.40. The first-order valence-corrected chi connectivity index (χ1v) is 6.65. The maximum atomic E-state index is 11.9. The summed E-state index contributed by atoms with van der Waals surface area (Å²) < 4.78 is 5.57. The lowest BCUT2D eigenvalue weighted by Crippen LogP contribution is -2.45. The van der Waals surface area contributed by atoms with Crippen LogP contribution in [0.15, 0.2) is 0 Å².